The van der Waals surface area contributed by atoms with E-state index < -0.39 is 15.7 Å². The van der Waals surface area contributed by atoms with E-state index in [1.165, 1.54) is 0 Å². The standard InChI is InChI=1S/C9H20N2O2S/c1-9(2,3)11-14(12,13)10-8-6-4-5-7-8/h8,10-11H,4-7H2,1-3H3. The van der Waals surface area contributed by atoms with E-state index in [-0.39, 0.29) is 6.04 Å². The molecule has 0 atom stereocenters. The summed E-state index contributed by atoms with van der Waals surface area (Å²) in [5.41, 5.74) is -0.412. The van der Waals surface area contributed by atoms with Crippen LogP contribution >= 0.6 is 0 Å². The summed E-state index contributed by atoms with van der Waals surface area (Å²) < 4.78 is 28.4. The van der Waals surface area contributed by atoms with Crippen LogP contribution in [0.2, 0.25) is 0 Å². The molecule has 2 N–H and O–H groups in total. The first-order chi connectivity index (χ1) is 6.29. The molecule has 0 aromatic heterocycles. The lowest BCUT2D eigenvalue weighted by atomic mass is 10.1. The minimum atomic E-state index is -3.32. The summed E-state index contributed by atoms with van der Waals surface area (Å²) in [6.07, 6.45) is 4.18. The summed E-state index contributed by atoms with van der Waals surface area (Å²) >= 11 is 0. The summed E-state index contributed by atoms with van der Waals surface area (Å²) in [6.45, 7) is 5.50. The molecule has 1 fully saturated rings. The van der Waals surface area contributed by atoms with Crippen LogP contribution in [0.25, 0.3) is 0 Å². The fourth-order valence-electron chi connectivity index (χ4n) is 1.70. The lowest BCUT2D eigenvalue weighted by Crippen LogP contribution is -2.49. The van der Waals surface area contributed by atoms with Gasteiger partial charge in [0.25, 0.3) is 10.2 Å². The van der Waals surface area contributed by atoms with Gasteiger partial charge in [-0.1, -0.05) is 12.8 Å². The predicted octanol–water partition coefficient (Wildman–Crippen LogP) is 1.15. The van der Waals surface area contributed by atoms with Gasteiger partial charge < -0.3 is 0 Å². The molecular formula is C9H20N2O2S. The molecule has 1 aliphatic rings. The van der Waals surface area contributed by atoms with Crippen molar-refractivity contribution in [3.63, 3.8) is 0 Å². The first kappa shape index (κ1) is 11.9. The maximum atomic E-state index is 11.6. The Morgan fingerprint density at radius 1 is 1.14 bits per heavy atom. The van der Waals surface area contributed by atoms with E-state index in [2.05, 4.69) is 9.44 Å². The highest BCUT2D eigenvalue weighted by molar-refractivity contribution is 7.87. The number of rotatable bonds is 3. The number of nitrogens with one attached hydrogen (secondary N) is 2. The van der Waals surface area contributed by atoms with Gasteiger partial charge in [-0.2, -0.15) is 17.9 Å². The lowest BCUT2D eigenvalue weighted by molar-refractivity contribution is 0.474. The van der Waals surface area contributed by atoms with Gasteiger partial charge in [-0.15, -0.1) is 0 Å². The number of hydrogen-bond acceptors (Lipinski definition) is 2. The van der Waals surface area contributed by atoms with Crippen molar-refractivity contribution < 1.29 is 8.42 Å². The van der Waals surface area contributed by atoms with E-state index in [0.717, 1.165) is 25.7 Å². The van der Waals surface area contributed by atoms with E-state index in [1.54, 1.807) is 0 Å². The fourth-order valence-corrected chi connectivity index (χ4v) is 3.24. The maximum Gasteiger partial charge on any atom is 0.277 e. The zero-order chi connectivity index (χ0) is 10.8. The zero-order valence-electron chi connectivity index (χ0n) is 9.13. The highest BCUT2D eigenvalue weighted by Gasteiger charge is 2.24. The Morgan fingerprint density at radius 3 is 2.07 bits per heavy atom. The average molecular weight is 220 g/mol. The Balaban J connectivity index is 2.49. The van der Waals surface area contributed by atoms with Gasteiger partial charge in [-0.25, -0.2) is 0 Å². The second kappa shape index (κ2) is 4.16. The third-order valence-electron chi connectivity index (χ3n) is 2.12. The molecule has 0 aromatic carbocycles. The predicted molar refractivity (Wildman–Crippen MR) is 57.2 cm³/mol. The Bertz CT molecular complexity index is 274. The van der Waals surface area contributed by atoms with E-state index in [0.29, 0.717) is 0 Å². The van der Waals surface area contributed by atoms with Crippen LogP contribution in [0.15, 0.2) is 0 Å². The quantitative estimate of drug-likeness (QED) is 0.749. The van der Waals surface area contributed by atoms with Crippen molar-refractivity contribution >= 4 is 10.2 Å². The summed E-state index contributed by atoms with van der Waals surface area (Å²) in [4.78, 5) is 0. The third-order valence-corrected chi connectivity index (χ3v) is 3.64. The minimum Gasteiger partial charge on any atom is -0.199 e. The van der Waals surface area contributed by atoms with Crippen molar-refractivity contribution in [2.75, 3.05) is 0 Å². The van der Waals surface area contributed by atoms with Crippen LogP contribution in [0, 0.1) is 0 Å². The van der Waals surface area contributed by atoms with Gasteiger partial charge in [-0.05, 0) is 33.6 Å². The molecule has 1 aliphatic carbocycles. The van der Waals surface area contributed by atoms with Gasteiger partial charge in [0.15, 0.2) is 0 Å². The molecule has 0 unspecified atom stereocenters. The van der Waals surface area contributed by atoms with Crippen molar-refractivity contribution in [2.24, 2.45) is 0 Å². The van der Waals surface area contributed by atoms with Crippen LogP contribution in [0.1, 0.15) is 46.5 Å². The second-order valence-electron chi connectivity index (χ2n) is 4.95. The van der Waals surface area contributed by atoms with E-state index >= 15 is 0 Å². The molecule has 0 amide bonds. The van der Waals surface area contributed by atoms with Crippen molar-refractivity contribution in [1.29, 1.82) is 0 Å². The molecule has 0 saturated heterocycles. The first-order valence-electron chi connectivity index (χ1n) is 5.10. The van der Waals surface area contributed by atoms with Crippen molar-refractivity contribution in [2.45, 2.75) is 58.0 Å². The molecule has 14 heavy (non-hydrogen) atoms. The molecular weight excluding hydrogens is 200 g/mol. The molecule has 0 spiro atoms. The van der Waals surface area contributed by atoms with Gasteiger partial charge in [0, 0.05) is 11.6 Å². The molecule has 84 valence electrons. The van der Waals surface area contributed by atoms with Crippen molar-refractivity contribution in [3.8, 4) is 0 Å². The van der Waals surface area contributed by atoms with Gasteiger partial charge in [0.05, 0.1) is 0 Å². The van der Waals surface area contributed by atoms with E-state index in [4.69, 9.17) is 0 Å². The van der Waals surface area contributed by atoms with Crippen molar-refractivity contribution in [1.82, 2.24) is 9.44 Å². The van der Waals surface area contributed by atoms with Gasteiger partial charge in [-0.3, -0.25) is 0 Å². The largest absolute Gasteiger partial charge is 0.277 e. The van der Waals surface area contributed by atoms with Crippen LogP contribution in [0.4, 0.5) is 0 Å². The molecule has 1 saturated carbocycles. The van der Waals surface area contributed by atoms with Gasteiger partial charge in [0.2, 0.25) is 0 Å². The molecule has 0 radical (unpaired) electrons. The Labute approximate surface area is 86.6 Å². The Kier molecular flexibility index (Phi) is 3.55. The van der Waals surface area contributed by atoms with E-state index in [9.17, 15) is 8.42 Å². The summed E-state index contributed by atoms with van der Waals surface area (Å²) in [5.74, 6) is 0. The highest BCUT2D eigenvalue weighted by atomic mass is 32.2. The van der Waals surface area contributed by atoms with Crippen LogP contribution in [0.3, 0.4) is 0 Å². The topological polar surface area (TPSA) is 58.2 Å². The van der Waals surface area contributed by atoms with Crippen LogP contribution in [-0.4, -0.2) is 20.0 Å². The molecule has 0 aliphatic heterocycles. The summed E-state index contributed by atoms with van der Waals surface area (Å²) in [5, 5.41) is 0. The second-order valence-corrected chi connectivity index (χ2v) is 6.40. The normalized spacial score (nSPS) is 20.2. The molecule has 4 nitrogen and oxygen atoms in total. The van der Waals surface area contributed by atoms with Gasteiger partial charge >= 0.3 is 0 Å². The molecule has 0 heterocycles. The number of hydrogen-bond donors (Lipinski definition) is 2. The Morgan fingerprint density at radius 2 is 1.64 bits per heavy atom. The maximum absolute atomic E-state index is 11.6. The van der Waals surface area contributed by atoms with Gasteiger partial charge in [0.1, 0.15) is 0 Å². The molecule has 0 aromatic rings. The fraction of sp³-hybridized carbons (Fsp3) is 1.00. The van der Waals surface area contributed by atoms with Crippen molar-refractivity contribution in [3.05, 3.63) is 0 Å². The monoisotopic (exact) mass is 220 g/mol. The summed E-state index contributed by atoms with van der Waals surface area (Å²) in [6, 6.07) is 0.134. The van der Waals surface area contributed by atoms with Crippen LogP contribution in [0.5, 0.6) is 0 Å². The summed E-state index contributed by atoms with van der Waals surface area (Å²) in [7, 11) is -3.32. The zero-order valence-corrected chi connectivity index (χ0v) is 9.95. The third kappa shape index (κ3) is 4.39. The lowest BCUT2D eigenvalue weighted by Gasteiger charge is -2.22. The first-order valence-corrected chi connectivity index (χ1v) is 6.58. The molecule has 0 bridgehead atoms. The smallest absolute Gasteiger partial charge is 0.199 e. The highest BCUT2D eigenvalue weighted by Crippen LogP contribution is 2.18. The van der Waals surface area contributed by atoms with Crippen LogP contribution < -0.4 is 9.44 Å². The average Bonchev–Trinajstić information content (AvgIpc) is 2.31. The Hall–Kier alpha value is -0.130. The SMILES string of the molecule is CC(C)(C)NS(=O)(=O)NC1CCCC1. The molecule has 1 rings (SSSR count). The van der Waals surface area contributed by atoms with E-state index in [1.807, 2.05) is 20.8 Å². The molecule has 5 heteroatoms. The minimum absolute atomic E-state index is 0.134. The van der Waals surface area contributed by atoms with Crippen LogP contribution in [-0.2, 0) is 10.2 Å².